The van der Waals surface area contributed by atoms with Gasteiger partial charge < -0.3 is 15.8 Å². The minimum atomic E-state index is -0.602. The number of carbonyl (C=O) groups excluding carboxylic acids is 1. The maximum atomic E-state index is 11.9. The summed E-state index contributed by atoms with van der Waals surface area (Å²) in [5.41, 5.74) is 7.97. The van der Waals surface area contributed by atoms with Crippen LogP contribution < -0.4 is 15.8 Å². The normalized spacial score (nSPS) is 11.7. The number of rotatable bonds is 6. The molecule has 1 amide bonds. The van der Waals surface area contributed by atoms with E-state index in [-0.39, 0.29) is 0 Å². The van der Waals surface area contributed by atoms with Gasteiger partial charge in [-0.15, -0.1) is 0 Å². The first-order valence-electron chi connectivity index (χ1n) is 8.93. The van der Waals surface area contributed by atoms with Gasteiger partial charge in [-0.25, -0.2) is 0 Å². The second kappa shape index (κ2) is 7.80. The van der Waals surface area contributed by atoms with Crippen LogP contribution >= 0.6 is 0 Å². The lowest BCUT2D eigenvalue weighted by molar-refractivity contribution is -0.118. The standard InChI is InChI=1S/C23H19N3O2/c24-23(27)22(17-6-2-1-3-7-17)26-18-11-13-19(14-12-18)28-20-10-4-8-16-9-5-15-25-21(16)20/h1-15,22,26H,(H2,24,27). The third-order valence-electron chi connectivity index (χ3n) is 4.41. The quantitative estimate of drug-likeness (QED) is 0.518. The molecule has 1 atom stereocenters. The molecule has 1 unspecified atom stereocenters. The number of benzene rings is 3. The molecule has 28 heavy (non-hydrogen) atoms. The summed E-state index contributed by atoms with van der Waals surface area (Å²) < 4.78 is 6.00. The van der Waals surface area contributed by atoms with Crippen molar-refractivity contribution in [1.82, 2.24) is 4.98 Å². The fraction of sp³-hybridized carbons (Fsp3) is 0.0435. The van der Waals surface area contributed by atoms with E-state index in [1.807, 2.05) is 84.9 Å². The molecule has 138 valence electrons. The first-order valence-corrected chi connectivity index (χ1v) is 8.93. The first-order chi connectivity index (χ1) is 13.7. The lowest BCUT2D eigenvalue weighted by Gasteiger charge is -2.17. The monoisotopic (exact) mass is 369 g/mol. The minimum Gasteiger partial charge on any atom is -0.455 e. The molecule has 1 aromatic heterocycles. The zero-order chi connectivity index (χ0) is 19.3. The fourth-order valence-electron chi connectivity index (χ4n) is 3.04. The first kappa shape index (κ1) is 17.5. The average Bonchev–Trinajstić information content (AvgIpc) is 2.74. The van der Waals surface area contributed by atoms with E-state index in [1.165, 1.54) is 0 Å². The third kappa shape index (κ3) is 3.78. The van der Waals surface area contributed by atoms with Gasteiger partial charge in [-0.05, 0) is 42.0 Å². The van der Waals surface area contributed by atoms with Crippen molar-refractivity contribution >= 4 is 22.5 Å². The highest BCUT2D eigenvalue weighted by molar-refractivity contribution is 5.85. The van der Waals surface area contributed by atoms with Gasteiger partial charge in [0.1, 0.15) is 17.3 Å². The van der Waals surface area contributed by atoms with Crippen LogP contribution in [0.5, 0.6) is 11.5 Å². The number of carbonyl (C=O) groups is 1. The molecule has 0 radical (unpaired) electrons. The molecule has 0 aliphatic heterocycles. The third-order valence-corrected chi connectivity index (χ3v) is 4.41. The number of ether oxygens (including phenoxy) is 1. The summed E-state index contributed by atoms with van der Waals surface area (Å²) in [6.45, 7) is 0. The number of anilines is 1. The predicted octanol–water partition coefficient (Wildman–Crippen LogP) is 4.67. The van der Waals surface area contributed by atoms with Crippen LogP contribution in [0.4, 0.5) is 5.69 Å². The van der Waals surface area contributed by atoms with Crippen molar-refractivity contribution in [1.29, 1.82) is 0 Å². The summed E-state index contributed by atoms with van der Waals surface area (Å²) in [6.07, 6.45) is 1.75. The van der Waals surface area contributed by atoms with Gasteiger partial charge in [0.05, 0.1) is 0 Å². The number of amides is 1. The van der Waals surface area contributed by atoms with Gasteiger partial charge in [0, 0.05) is 17.3 Å². The summed E-state index contributed by atoms with van der Waals surface area (Å²) in [4.78, 5) is 16.3. The Labute approximate surface area is 162 Å². The Kier molecular flexibility index (Phi) is 4.89. The second-order valence-corrected chi connectivity index (χ2v) is 6.35. The van der Waals surface area contributed by atoms with Gasteiger partial charge >= 0.3 is 0 Å². The highest BCUT2D eigenvalue weighted by atomic mass is 16.5. The van der Waals surface area contributed by atoms with Crippen molar-refractivity contribution in [3.8, 4) is 11.5 Å². The van der Waals surface area contributed by atoms with Crippen molar-refractivity contribution in [2.24, 2.45) is 5.73 Å². The van der Waals surface area contributed by atoms with E-state index in [0.717, 1.165) is 22.2 Å². The largest absolute Gasteiger partial charge is 0.455 e. The van der Waals surface area contributed by atoms with Gasteiger partial charge in [-0.1, -0.05) is 48.5 Å². The molecule has 0 saturated heterocycles. The molecule has 3 aromatic carbocycles. The molecular weight excluding hydrogens is 350 g/mol. The van der Waals surface area contributed by atoms with Crippen molar-refractivity contribution in [3.05, 3.63) is 96.7 Å². The topological polar surface area (TPSA) is 77.2 Å². The van der Waals surface area contributed by atoms with Crippen LogP contribution in [0.2, 0.25) is 0 Å². The van der Waals surface area contributed by atoms with Crippen molar-refractivity contribution in [2.45, 2.75) is 6.04 Å². The fourth-order valence-corrected chi connectivity index (χ4v) is 3.04. The summed E-state index contributed by atoms with van der Waals surface area (Å²) in [6, 6.07) is 25.9. The molecule has 5 nitrogen and oxygen atoms in total. The molecule has 0 aliphatic carbocycles. The van der Waals surface area contributed by atoms with E-state index in [1.54, 1.807) is 6.20 Å². The zero-order valence-corrected chi connectivity index (χ0v) is 15.1. The molecule has 5 heteroatoms. The van der Waals surface area contributed by atoms with Gasteiger partial charge in [0.25, 0.3) is 0 Å². The van der Waals surface area contributed by atoms with Gasteiger partial charge in [-0.3, -0.25) is 9.78 Å². The van der Waals surface area contributed by atoms with Crippen LogP contribution in [-0.2, 0) is 4.79 Å². The molecule has 0 spiro atoms. The Balaban J connectivity index is 1.53. The number of primary amides is 1. The Morgan fingerprint density at radius 2 is 1.64 bits per heavy atom. The van der Waals surface area contributed by atoms with E-state index < -0.39 is 11.9 Å². The molecule has 3 N–H and O–H groups in total. The predicted molar refractivity (Wildman–Crippen MR) is 110 cm³/mol. The molecule has 1 heterocycles. The molecule has 0 aliphatic rings. The number of hydrogen-bond donors (Lipinski definition) is 2. The van der Waals surface area contributed by atoms with Gasteiger partial charge in [0.2, 0.25) is 5.91 Å². The summed E-state index contributed by atoms with van der Waals surface area (Å²) in [7, 11) is 0. The van der Waals surface area contributed by atoms with Crippen LogP contribution in [0, 0.1) is 0 Å². The van der Waals surface area contributed by atoms with Crippen LogP contribution in [0.15, 0.2) is 91.1 Å². The van der Waals surface area contributed by atoms with Crippen molar-refractivity contribution in [3.63, 3.8) is 0 Å². The number of nitrogens with one attached hydrogen (secondary N) is 1. The van der Waals surface area contributed by atoms with E-state index in [9.17, 15) is 4.79 Å². The Hall–Kier alpha value is -3.86. The van der Waals surface area contributed by atoms with Crippen LogP contribution in [-0.4, -0.2) is 10.9 Å². The average molecular weight is 369 g/mol. The highest BCUT2D eigenvalue weighted by Gasteiger charge is 2.17. The van der Waals surface area contributed by atoms with Crippen molar-refractivity contribution in [2.75, 3.05) is 5.32 Å². The number of para-hydroxylation sites is 1. The molecule has 4 rings (SSSR count). The molecule has 0 bridgehead atoms. The van der Waals surface area contributed by atoms with Crippen molar-refractivity contribution < 1.29 is 9.53 Å². The SMILES string of the molecule is NC(=O)C(Nc1ccc(Oc2cccc3cccnc23)cc1)c1ccccc1. The summed E-state index contributed by atoms with van der Waals surface area (Å²) >= 11 is 0. The van der Waals surface area contributed by atoms with E-state index >= 15 is 0 Å². The molecular formula is C23H19N3O2. The molecule has 0 saturated carbocycles. The smallest absolute Gasteiger partial charge is 0.244 e. The lowest BCUT2D eigenvalue weighted by Crippen LogP contribution is -2.27. The Morgan fingerprint density at radius 1 is 0.893 bits per heavy atom. The summed E-state index contributed by atoms with van der Waals surface area (Å²) in [5.74, 6) is 0.936. The Morgan fingerprint density at radius 3 is 2.39 bits per heavy atom. The molecule has 4 aromatic rings. The number of nitrogens with zero attached hydrogens (tertiary/aromatic N) is 1. The minimum absolute atomic E-state index is 0.437. The Bertz CT molecular complexity index is 1090. The zero-order valence-electron chi connectivity index (χ0n) is 15.1. The maximum absolute atomic E-state index is 11.9. The summed E-state index contributed by atoms with van der Waals surface area (Å²) in [5, 5.41) is 4.19. The molecule has 0 fully saturated rings. The number of aromatic nitrogens is 1. The van der Waals surface area contributed by atoms with Crippen LogP contribution in [0.3, 0.4) is 0 Å². The second-order valence-electron chi connectivity index (χ2n) is 6.35. The maximum Gasteiger partial charge on any atom is 0.244 e. The van der Waals surface area contributed by atoms with E-state index in [2.05, 4.69) is 10.3 Å². The number of fused-ring (bicyclic) bond motifs is 1. The number of pyridine rings is 1. The lowest BCUT2D eigenvalue weighted by atomic mass is 10.1. The number of nitrogens with two attached hydrogens (primary N) is 1. The van der Waals surface area contributed by atoms with E-state index in [0.29, 0.717) is 11.5 Å². The van der Waals surface area contributed by atoms with Gasteiger partial charge in [0.15, 0.2) is 5.75 Å². The van der Waals surface area contributed by atoms with Gasteiger partial charge in [-0.2, -0.15) is 0 Å². The van der Waals surface area contributed by atoms with Crippen LogP contribution in [0.1, 0.15) is 11.6 Å². The number of hydrogen-bond acceptors (Lipinski definition) is 4. The van der Waals surface area contributed by atoms with Crippen LogP contribution in [0.25, 0.3) is 10.9 Å². The highest BCUT2D eigenvalue weighted by Crippen LogP contribution is 2.29. The van der Waals surface area contributed by atoms with E-state index in [4.69, 9.17) is 10.5 Å².